The van der Waals surface area contributed by atoms with E-state index in [1.54, 1.807) is 9.80 Å². The molecule has 1 aromatic rings. The third-order valence-corrected chi connectivity index (χ3v) is 8.71. The van der Waals surface area contributed by atoms with Crippen molar-refractivity contribution < 1.29 is 33.0 Å². The normalized spacial score (nSPS) is 24.2. The third-order valence-electron chi connectivity index (χ3n) is 8.71. The van der Waals surface area contributed by atoms with Crippen molar-refractivity contribution >= 4 is 23.6 Å². The van der Waals surface area contributed by atoms with Crippen LogP contribution in [0.1, 0.15) is 42.5 Å². The van der Waals surface area contributed by atoms with Gasteiger partial charge in [0, 0.05) is 50.7 Å². The second-order valence-corrected chi connectivity index (χ2v) is 12.0. The molecule has 4 aliphatic rings. The average Bonchev–Trinajstić information content (AvgIpc) is 3.00. The SMILES string of the molecule is CN(C)CC[C@H]1CN2CC[C@H]1CC(=O)N(C1CCN(C(=O)c3ccc(F)cc3)CC1)CC(=O)NCCOCCOCC2=O. The van der Waals surface area contributed by atoms with Gasteiger partial charge in [0.05, 0.1) is 26.4 Å². The number of halogens is 1. The summed E-state index contributed by atoms with van der Waals surface area (Å²) < 4.78 is 24.4. The number of fused-ring (bicyclic) bond motifs is 15. The summed E-state index contributed by atoms with van der Waals surface area (Å²) >= 11 is 0. The van der Waals surface area contributed by atoms with Crippen molar-refractivity contribution in [3.63, 3.8) is 0 Å². The molecule has 1 N–H and O–H groups in total. The minimum atomic E-state index is -0.396. The predicted octanol–water partition coefficient (Wildman–Crippen LogP) is 1.23. The molecule has 238 valence electrons. The number of ether oxygens (including phenoxy) is 2. The summed E-state index contributed by atoms with van der Waals surface area (Å²) in [7, 11) is 4.03. The molecule has 12 heteroatoms. The Morgan fingerprint density at radius 3 is 2.42 bits per heavy atom. The molecule has 43 heavy (non-hydrogen) atoms. The van der Waals surface area contributed by atoms with E-state index < -0.39 is 5.82 Å². The van der Waals surface area contributed by atoms with Crippen LogP contribution in [0.2, 0.25) is 0 Å². The fourth-order valence-electron chi connectivity index (χ4n) is 6.19. The van der Waals surface area contributed by atoms with Crippen molar-refractivity contribution in [2.45, 2.75) is 38.1 Å². The second-order valence-electron chi connectivity index (χ2n) is 12.0. The van der Waals surface area contributed by atoms with Crippen LogP contribution in [-0.4, -0.2) is 136 Å². The minimum absolute atomic E-state index is 0.000230. The van der Waals surface area contributed by atoms with Crippen LogP contribution < -0.4 is 5.32 Å². The molecule has 4 fully saturated rings. The molecule has 2 atom stereocenters. The van der Waals surface area contributed by atoms with Crippen molar-refractivity contribution in [2.75, 3.05) is 86.3 Å². The van der Waals surface area contributed by atoms with Crippen molar-refractivity contribution in [3.8, 4) is 0 Å². The fraction of sp³-hybridized carbons (Fsp3) is 0.677. The molecule has 0 radical (unpaired) electrons. The topological polar surface area (TPSA) is 112 Å². The van der Waals surface area contributed by atoms with Gasteiger partial charge >= 0.3 is 0 Å². The highest BCUT2D eigenvalue weighted by molar-refractivity contribution is 5.94. The highest BCUT2D eigenvalue weighted by Crippen LogP contribution is 2.31. The zero-order valence-corrected chi connectivity index (χ0v) is 25.5. The summed E-state index contributed by atoms with van der Waals surface area (Å²) in [5.74, 6) is -0.683. The van der Waals surface area contributed by atoms with Crippen molar-refractivity contribution in [1.29, 1.82) is 0 Å². The van der Waals surface area contributed by atoms with Gasteiger partial charge in [-0.3, -0.25) is 19.2 Å². The molecule has 4 heterocycles. The number of benzene rings is 1. The molecule has 0 aromatic heterocycles. The molecule has 4 aliphatic heterocycles. The molecule has 11 nitrogen and oxygen atoms in total. The lowest BCUT2D eigenvalue weighted by molar-refractivity contribution is -0.143. The summed E-state index contributed by atoms with van der Waals surface area (Å²) in [6, 6.07) is 5.33. The molecule has 0 spiro atoms. The summed E-state index contributed by atoms with van der Waals surface area (Å²) in [6.45, 7) is 4.02. The Kier molecular flexibility index (Phi) is 12.3. The summed E-state index contributed by atoms with van der Waals surface area (Å²) in [5.41, 5.74) is 0.425. The molecule has 4 amide bonds. The van der Waals surface area contributed by atoms with Crippen molar-refractivity contribution in [2.24, 2.45) is 11.8 Å². The monoisotopic (exact) mass is 603 g/mol. The predicted molar refractivity (Wildman–Crippen MR) is 158 cm³/mol. The van der Waals surface area contributed by atoms with Crippen LogP contribution >= 0.6 is 0 Å². The number of hydrogen-bond donors (Lipinski definition) is 1. The lowest BCUT2D eigenvalue weighted by Gasteiger charge is -2.41. The Morgan fingerprint density at radius 2 is 1.70 bits per heavy atom. The van der Waals surface area contributed by atoms with E-state index in [2.05, 4.69) is 10.2 Å². The number of likely N-dealkylation sites (tertiary alicyclic amines) is 1. The maximum absolute atomic E-state index is 13.9. The number of rotatable bonds is 5. The number of piperidine rings is 2. The number of amides is 4. The highest BCUT2D eigenvalue weighted by atomic mass is 19.1. The lowest BCUT2D eigenvalue weighted by atomic mass is 9.80. The first-order chi connectivity index (χ1) is 20.7. The Bertz CT molecular complexity index is 1090. The standard InChI is InChI=1S/C31H46FN5O6/c1-34(2)12-7-25-20-36-13-8-24(25)19-29(39)37(21-28(38)33-11-16-42-17-18-43-22-30(36)40)27-9-14-35(15-10-27)31(41)23-3-5-26(32)6-4-23/h3-6,24-25,27H,7-22H2,1-2H3,(H,33,38)/t24-,25-/m0/s1. The van der Waals surface area contributed by atoms with E-state index >= 15 is 0 Å². The van der Waals surface area contributed by atoms with Crippen LogP contribution in [0.25, 0.3) is 0 Å². The van der Waals surface area contributed by atoms with Gasteiger partial charge in [-0.25, -0.2) is 4.39 Å². The van der Waals surface area contributed by atoms with Gasteiger partial charge in [0.15, 0.2) is 0 Å². The highest BCUT2D eigenvalue weighted by Gasteiger charge is 2.36. The number of nitrogens with one attached hydrogen (secondary N) is 1. The maximum atomic E-state index is 13.9. The molecule has 4 saturated heterocycles. The number of hydrogen-bond acceptors (Lipinski definition) is 7. The average molecular weight is 604 g/mol. The van der Waals surface area contributed by atoms with Crippen LogP contribution in [0, 0.1) is 17.7 Å². The van der Waals surface area contributed by atoms with Gasteiger partial charge in [0.1, 0.15) is 12.4 Å². The van der Waals surface area contributed by atoms with E-state index in [-0.39, 0.29) is 54.7 Å². The first-order valence-corrected chi connectivity index (χ1v) is 15.4. The third kappa shape index (κ3) is 9.70. The minimum Gasteiger partial charge on any atom is -0.377 e. The maximum Gasteiger partial charge on any atom is 0.253 e. The smallest absolute Gasteiger partial charge is 0.253 e. The van der Waals surface area contributed by atoms with E-state index in [0.29, 0.717) is 83.8 Å². The van der Waals surface area contributed by atoms with Crippen LogP contribution in [-0.2, 0) is 23.9 Å². The summed E-state index contributed by atoms with van der Waals surface area (Å²) in [6.07, 6.45) is 2.97. The van der Waals surface area contributed by atoms with E-state index in [4.69, 9.17) is 9.47 Å². The molecular weight excluding hydrogens is 557 g/mol. The Hall–Kier alpha value is -3.09. The van der Waals surface area contributed by atoms with Gasteiger partial charge in [0.25, 0.3) is 5.91 Å². The number of carbonyl (C=O) groups is 4. The van der Waals surface area contributed by atoms with Gasteiger partial charge in [-0.15, -0.1) is 0 Å². The van der Waals surface area contributed by atoms with E-state index in [9.17, 15) is 23.6 Å². The zero-order valence-electron chi connectivity index (χ0n) is 25.5. The van der Waals surface area contributed by atoms with Gasteiger partial charge in [-0.05, 0) is 82.4 Å². The largest absolute Gasteiger partial charge is 0.377 e. The quantitative estimate of drug-likeness (QED) is 0.504. The first-order valence-electron chi connectivity index (χ1n) is 15.4. The van der Waals surface area contributed by atoms with Crippen LogP contribution in [0.4, 0.5) is 4.39 Å². The van der Waals surface area contributed by atoms with Crippen LogP contribution in [0.3, 0.4) is 0 Å². The van der Waals surface area contributed by atoms with Gasteiger partial charge in [-0.1, -0.05) is 0 Å². The summed E-state index contributed by atoms with van der Waals surface area (Å²) in [5, 5.41) is 2.85. The van der Waals surface area contributed by atoms with Crippen LogP contribution in [0.5, 0.6) is 0 Å². The Balaban J connectivity index is 1.46. The van der Waals surface area contributed by atoms with E-state index in [0.717, 1.165) is 13.0 Å². The van der Waals surface area contributed by atoms with Gasteiger partial charge in [0.2, 0.25) is 17.7 Å². The number of nitrogens with zero attached hydrogens (tertiary/aromatic N) is 4. The van der Waals surface area contributed by atoms with E-state index in [1.165, 1.54) is 24.3 Å². The van der Waals surface area contributed by atoms with E-state index in [1.807, 2.05) is 19.0 Å². The molecule has 2 bridgehead atoms. The second kappa shape index (κ2) is 16.1. The Labute approximate surface area is 253 Å². The molecular formula is C31H46FN5O6. The molecule has 1 aromatic carbocycles. The summed E-state index contributed by atoms with van der Waals surface area (Å²) in [4.78, 5) is 60.2. The number of carbonyl (C=O) groups excluding carboxylic acids is 4. The fourth-order valence-corrected chi connectivity index (χ4v) is 6.19. The molecule has 5 rings (SSSR count). The molecule has 0 saturated carbocycles. The Morgan fingerprint density at radius 1 is 0.977 bits per heavy atom. The van der Waals surface area contributed by atoms with Gasteiger partial charge in [-0.2, -0.15) is 0 Å². The molecule has 0 aliphatic carbocycles. The zero-order chi connectivity index (χ0) is 30.8. The van der Waals surface area contributed by atoms with Crippen LogP contribution in [0.15, 0.2) is 24.3 Å². The van der Waals surface area contributed by atoms with Crippen molar-refractivity contribution in [3.05, 3.63) is 35.6 Å². The first kappa shape index (κ1) is 32.8. The van der Waals surface area contributed by atoms with Gasteiger partial charge < -0.3 is 34.4 Å². The molecule has 0 unspecified atom stereocenters. The van der Waals surface area contributed by atoms with Crippen molar-refractivity contribution in [1.82, 2.24) is 24.9 Å². The lowest BCUT2D eigenvalue weighted by Crippen LogP contribution is -2.53.